The summed E-state index contributed by atoms with van der Waals surface area (Å²) >= 11 is 0. The van der Waals surface area contributed by atoms with Gasteiger partial charge in [0, 0.05) is 47.8 Å². The van der Waals surface area contributed by atoms with Crippen molar-refractivity contribution in [1.29, 1.82) is 0 Å². The molecule has 2 aromatic heterocycles. The SMILES string of the molecule is Cc1c(OC(=O)N2CCN(C)CC2C)ccc2nc3c(cc12)Cn1c-3cc2c(c1=O)COC(=O)C2O. The Kier molecular flexibility index (Phi) is 5.13. The van der Waals surface area contributed by atoms with Gasteiger partial charge < -0.3 is 28.9 Å². The molecule has 2 atom stereocenters. The van der Waals surface area contributed by atoms with E-state index in [1.807, 2.05) is 27.0 Å². The molecule has 36 heavy (non-hydrogen) atoms. The molecule has 1 amide bonds. The number of aliphatic hydroxyl groups excluding tert-OH is 1. The molecule has 5 heterocycles. The van der Waals surface area contributed by atoms with E-state index in [0.717, 1.165) is 29.6 Å². The Balaban J connectivity index is 1.36. The van der Waals surface area contributed by atoms with Crippen molar-refractivity contribution in [3.05, 3.63) is 56.9 Å². The van der Waals surface area contributed by atoms with E-state index in [4.69, 9.17) is 14.5 Å². The first-order valence-electron chi connectivity index (χ1n) is 11.9. The molecule has 3 aliphatic rings. The molecule has 186 valence electrons. The number of fused-ring (bicyclic) bond motifs is 5. The van der Waals surface area contributed by atoms with Gasteiger partial charge in [0.05, 0.1) is 29.0 Å². The molecule has 0 radical (unpaired) electrons. The maximum Gasteiger partial charge on any atom is 0.415 e. The molecule has 1 N–H and O–H groups in total. The zero-order chi connectivity index (χ0) is 25.3. The van der Waals surface area contributed by atoms with Crippen LogP contribution < -0.4 is 10.3 Å². The van der Waals surface area contributed by atoms with Gasteiger partial charge in [-0.15, -0.1) is 0 Å². The first-order chi connectivity index (χ1) is 17.2. The lowest BCUT2D eigenvalue weighted by Crippen LogP contribution is -2.53. The third kappa shape index (κ3) is 3.40. The number of esters is 1. The van der Waals surface area contributed by atoms with Gasteiger partial charge in [0.25, 0.3) is 5.56 Å². The Morgan fingerprint density at radius 2 is 2.03 bits per heavy atom. The van der Waals surface area contributed by atoms with Crippen molar-refractivity contribution in [3.63, 3.8) is 0 Å². The summed E-state index contributed by atoms with van der Waals surface area (Å²) in [7, 11) is 2.04. The fourth-order valence-electron chi connectivity index (χ4n) is 5.40. The van der Waals surface area contributed by atoms with Gasteiger partial charge in [0.15, 0.2) is 6.10 Å². The van der Waals surface area contributed by atoms with E-state index in [9.17, 15) is 19.5 Å². The van der Waals surface area contributed by atoms with Gasteiger partial charge in [-0.05, 0) is 45.2 Å². The number of likely N-dealkylation sites (N-methyl/N-ethyl adjacent to an activating group) is 1. The molecule has 1 aromatic carbocycles. The lowest BCUT2D eigenvalue weighted by atomic mass is 10.00. The molecule has 1 fully saturated rings. The van der Waals surface area contributed by atoms with Crippen LogP contribution in [-0.2, 0) is 22.7 Å². The number of aromatic nitrogens is 2. The van der Waals surface area contributed by atoms with Crippen LogP contribution in [-0.4, -0.2) is 69.2 Å². The largest absolute Gasteiger partial charge is 0.458 e. The molecule has 3 aliphatic heterocycles. The summed E-state index contributed by atoms with van der Waals surface area (Å²) in [6, 6.07) is 7.22. The van der Waals surface area contributed by atoms with Gasteiger partial charge in [-0.3, -0.25) is 4.79 Å². The van der Waals surface area contributed by atoms with Crippen molar-refractivity contribution >= 4 is 23.0 Å². The van der Waals surface area contributed by atoms with E-state index in [-0.39, 0.29) is 35.4 Å². The monoisotopic (exact) mass is 490 g/mol. The number of benzene rings is 1. The predicted molar refractivity (Wildman–Crippen MR) is 130 cm³/mol. The number of piperazine rings is 1. The van der Waals surface area contributed by atoms with Gasteiger partial charge in [0.2, 0.25) is 0 Å². The summed E-state index contributed by atoms with van der Waals surface area (Å²) in [6.07, 6.45) is -1.86. The number of cyclic esters (lactones) is 1. The number of carbonyl (C=O) groups excluding carboxylic acids is 2. The van der Waals surface area contributed by atoms with E-state index in [1.165, 1.54) is 0 Å². The number of ether oxygens (including phenoxy) is 2. The van der Waals surface area contributed by atoms with Crippen molar-refractivity contribution in [2.45, 2.75) is 39.1 Å². The Morgan fingerprint density at radius 3 is 2.81 bits per heavy atom. The lowest BCUT2D eigenvalue weighted by molar-refractivity contribution is -0.157. The number of nitrogens with zero attached hydrogens (tertiary/aromatic N) is 4. The quantitative estimate of drug-likeness (QED) is 0.403. The minimum absolute atomic E-state index is 0.0591. The van der Waals surface area contributed by atoms with E-state index >= 15 is 0 Å². The van der Waals surface area contributed by atoms with E-state index in [1.54, 1.807) is 27.7 Å². The Bertz CT molecular complexity index is 1510. The highest BCUT2D eigenvalue weighted by molar-refractivity contribution is 5.89. The number of rotatable bonds is 1. The Hall–Kier alpha value is -3.76. The van der Waals surface area contributed by atoms with Crippen molar-refractivity contribution in [3.8, 4) is 17.1 Å². The molecule has 2 unspecified atom stereocenters. The summed E-state index contributed by atoms with van der Waals surface area (Å²) in [5.41, 5.74) is 3.75. The van der Waals surface area contributed by atoms with Gasteiger partial charge >= 0.3 is 12.1 Å². The second-order valence-electron chi connectivity index (χ2n) is 9.79. The smallest absolute Gasteiger partial charge is 0.415 e. The topological polar surface area (TPSA) is 114 Å². The van der Waals surface area contributed by atoms with Crippen molar-refractivity contribution < 1.29 is 24.2 Å². The molecule has 1 saturated heterocycles. The number of carbonyl (C=O) groups is 2. The van der Waals surface area contributed by atoms with Crippen molar-refractivity contribution in [2.24, 2.45) is 0 Å². The number of aryl methyl sites for hydroxylation is 1. The highest BCUT2D eigenvalue weighted by Crippen LogP contribution is 2.37. The molecule has 3 aromatic rings. The van der Waals surface area contributed by atoms with Crippen LogP contribution in [0.4, 0.5) is 4.79 Å². The third-order valence-corrected chi connectivity index (χ3v) is 7.44. The van der Waals surface area contributed by atoms with Crippen LogP contribution in [0.1, 0.15) is 35.3 Å². The molecular weight excluding hydrogens is 464 g/mol. The van der Waals surface area contributed by atoms with Crippen LogP contribution in [0.3, 0.4) is 0 Å². The second kappa shape index (κ2) is 8.14. The minimum atomic E-state index is -1.49. The van der Waals surface area contributed by atoms with Gasteiger partial charge in [0.1, 0.15) is 12.4 Å². The van der Waals surface area contributed by atoms with Crippen LogP contribution >= 0.6 is 0 Å². The molecule has 0 aliphatic carbocycles. The summed E-state index contributed by atoms with van der Waals surface area (Å²) in [5.74, 6) is -0.289. The van der Waals surface area contributed by atoms with Gasteiger partial charge in [-0.25, -0.2) is 14.6 Å². The number of aliphatic hydroxyl groups is 1. The minimum Gasteiger partial charge on any atom is -0.458 e. The van der Waals surface area contributed by atoms with E-state index in [0.29, 0.717) is 35.7 Å². The van der Waals surface area contributed by atoms with Crippen LogP contribution in [0, 0.1) is 6.92 Å². The molecule has 0 spiro atoms. The van der Waals surface area contributed by atoms with E-state index in [2.05, 4.69) is 4.90 Å². The van der Waals surface area contributed by atoms with Gasteiger partial charge in [-0.2, -0.15) is 0 Å². The highest BCUT2D eigenvalue weighted by atomic mass is 16.6. The summed E-state index contributed by atoms with van der Waals surface area (Å²) < 4.78 is 12.3. The fraction of sp³-hybridized carbons (Fsp3) is 0.385. The number of pyridine rings is 2. The Labute approximate surface area is 206 Å². The van der Waals surface area contributed by atoms with E-state index < -0.39 is 12.1 Å². The molecular formula is C26H26N4O6. The zero-order valence-electron chi connectivity index (χ0n) is 20.3. The van der Waals surface area contributed by atoms with Crippen LogP contribution in [0.25, 0.3) is 22.3 Å². The maximum atomic E-state index is 13.1. The number of amides is 1. The normalized spacial score (nSPS) is 21.1. The maximum absolute atomic E-state index is 13.1. The van der Waals surface area contributed by atoms with Crippen molar-refractivity contribution in [2.75, 3.05) is 26.7 Å². The number of hydrogen-bond acceptors (Lipinski definition) is 8. The first-order valence-corrected chi connectivity index (χ1v) is 11.9. The molecule has 0 saturated carbocycles. The summed E-state index contributed by atoms with van der Waals surface area (Å²) in [5, 5.41) is 11.1. The van der Waals surface area contributed by atoms with Crippen LogP contribution in [0.2, 0.25) is 0 Å². The fourth-order valence-corrected chi connectivity index (χ4v) is 5.40. The zero-order valence-corrected chi connectivity index (χ0v) is 20.3. The standard InChI is InChI=1S/C26H26N4O6/c1-13-10-28(3)6-7-29(13)26(34)36-21-5-4-19-16(14(21)2)8-15-11-30-20(22(15)27-19)9-17-18(24(30)32)12-35-25(33)23(17)31/h4-5,8-9,13,23,31H,6-7,10-12H2,1-3H3. The molecule has 6 rings (SSSR count). The molecule has 0 bridgehead atoms. The predicted octanol–water partition coefficient (Wildman–Crippen LogP) is 1.96. The van der Waals surface area contributed by atoms with Crippen LogP contribution in [0.15, 0.2) is 29.1 Å². The highest BCUT2D eigenvalue weighted by Gasteiger charge is 2.34. The summed E-state index contributed by atoms with van der Waals surface area (Å²) in [6.45, 7) is 6.26. The Morgan fingerprint density at radius 1 is 1.22 bits per heavy atom. The first kappa shape index (κ1) is 22.7. The second-order valence-corrected chi connectivity index (χ2v) is 9.79. The molecule has 10 nitrogen and oxygen atoms in total. The van der Waals surface area contributed by atoms with Crippen LogP contribution in [0.5, 0.6) is 5.75 Å². The van der Waals surface area contributed by atoms with Gasteiger partial charge in [-0.1, -0.05) is 0 Å². The average Bonchev–Trinajstić information content (AvgIpc) is 3.20. The average molecular weight is 491 g/mol. The summed E-state index contributed by atoms with van der Waals surface area (Å²) in [4.78, 5) is 46.6. The number of hydrogen-bond donors (Lipinski definition) is 1. The molecule has 10 heteroatoms. The lowest BCUT2D eigenvalue weighted by Gasteiger charge is -2.37. The third-order valence-electron chi connectivity index (χ3n) is 7.44. The van der Waals surface area contributed by atoms with Crippen molar-refractivity contribution in [1.82, 2.24) is 19.4 Å².